The van der Waals surface area contributed by atoms with Crippen LogP contribution in [0.1, 0.15) is 19.3 Å². The lowest BCUT2D eigenvalue weighted by Gasteiger charge is -2.15. The van der Waals surface area contributed by atoms with Gasteiger partial charge in [-0.2, -0.15) is 8.78 Å². The van der Waals surface area contributed by atoms with E-state index in [4.69, 9.17) is 0 Å². The van der Waals surface area contributed by atoms with Gasteiger partial charge in [-0.05, 0) is 32.4 Å². The summed E-state index contributed by atoms with van der Waals surface area (Å²) in [5.74, 6) is -1.15. The minimum Gasteiger partial charge on any atom is -0.348 e. The highest BCUT2D eigenvalue weighted by atomic mass is 19.3. The van der Waals surface area contributed by atoms with E-state index in [1.165, 1.54) is 0 Å². The van der Waals surface area contributed by atoms with E-state index >= 15 is 0 Å². The molecule has 3 nitrogen and oxygen atoms in total. The minimum atomic E-state index is -2.89. The summed E-state index contributed by atoms with van der Waals surface area (Å²) in [4.78, 5) is 10.6. The molecule has 0 aromatic rings. The second-order valence-corrected chi connectivity index (χ2v) is 3.19. The molecule has 1 aliphatic heterocycles. The highest BCUT2D eigenvalue weighted by Crippen LogP contribution is 2.05. The van der Waals surface area contributed by atoms with Gasteiger partial charge >= 0.3 is 6.43 Å². The van der Waals surface area contributed by atoms with E-state index in [0.717, 1.165) is 32.4 Å². The predicted octanol–water partition coefficient (Wildman–Crippen LogP) is 0.510. The highest BCUT2D eigenvalue weighted by molar-refractivity contribution is 5.79. The summed E-state index contributed by atoms with van der Waals surface area (Å²) >= 11 is 0. The number of hydrogen-bond donors (Lipinski definition) is 2. The van der Waals surface area contributed by atoms with Gasteiger partial charge in [0.2, 0.25) is 0 Å². The summed E-state index contributed by atoms with van der Waals surface area (Å²) in [6.07, 6.45) is -0.450. The number of alkyl halides is 2. The molecule has 1 heterocycles. The van der Waals surface area contributed by atoms with Crippen LogP contribution in [0.2, 0.25) is 0 Å². The zero-order valence-corrected chi connectivity index (χ0v) is 7.35. The SMILES string of the molecule is O=C(NC1CCCNCC1)C(F)F. The van der Waals surface area contributed by atoms with Crippen LogP contribution in [-0.2, 0) is 4.79 Å². The Bertz CT molecular complexity index is 168. The van der Waals surface area contributed by atoms with Crippen molar-refractivity contribution >= 4 is 5.91 Å². The van der Waals surface area contributed by atoms with Crippen LogP contribution in [0.25, 0.3) is 0 Å². The third-order valence-corrected chi connectivity index (χ3v) is 2.12. The Hall–Kier alpha value is -0.710. The van der Waals surface area contributed by atoms with Crippen LogP contribution in [0.3, 0.4) is 0 Å². The molecule has 1 atom stereocenters. The van der Waals surface area contributed by atoms with E-state index in [9.17, 15) is 13.6 Å². The molecule has 0 aromatic carbocycles. The molecule has 0 aromatic heterocycles. The molecule has 1 rings (SSSR count). The van der Waals surface area contributed by atoms with Crippen LogP contribution in [0, 0.1) is 0 Å². The molecule has 1 saturated heterocycles. The Balaban J connectivity index is 2.29. The first-order chi connectivity index (χ1) is 6.20. The van der Waals surface area contributed by atoms with Crippen molar-refractivity contribution in [1.82, 2.24) is 10.6 Å². The predicted molar refractivity (Wildman–Crippen MR) is 44.7 cm³/mol. The Labute approximate surface area is 75.9 Å². The lowest BCUT2D eigenvalue weighted by atomic mass is 10.1. The zero-order chi connectivity index (χ0) is 9.68. The quantitative estimate of drug-likeness (QED) is 0.669. The van der Waals surface area contributed by atoms with Gasteiger partial charge in [0.15, 0.2) is 0 Å². The molecule has 1 amide bonds. The molecule has 0 spiro atoms. The fourth-order valence-corrected chi connectivity index (χ4v) is 1.43. The van der Waals surface area contributed by atoms with E-state index < -0.39 is 12.3 Å². The van der Waals surface area contributed by atoms with Crippen LogP contribution in [0.5, 0.6) is 0 Å². The molecule has 0 aliphatic carbocycles. The first-order valence-corrected chi connectivity index (χ1v) is 4.49. The molecule has 5 heteroatoms. The van der Waals surface area contributed by atoms with Gasteiger partial charge in [0, 0.05) is 6.04 Å². The van der Waals surface area contributed by atoms with Crippen LogP contribution >= 0.6 is 0 Å². The molecule has 1 fully saturated rings. The van der Waals surface area contributed by atoms with E-state index in [1.54, 1.807) is 0 Å². The Morgan fingerprint density at radius 1 is 1.38 bits per heavy atom. The summed E-state index contributed by atoms with van der Waals surface area (Å²) < 4.78 is 23.7. The van der Waals surface area contributed by atoms with Crippen molar-refractivity contribution in [2.45, 2.75) is 31.7 Å². The van der Waals surface area contributed by atoms with Gasteiger partial charge < -0.3 is 10.6 Å². The van der Waals surface area contributed by atoms with Gasteiger partial charge in [-0.3, -0.25) is 4.79 Å². The molecule has 76 valence electrons. The third-order valence-electron chi connectivity index (χ3n) is 2.12. The maximum absolute atomic E-state index is 11.9. The van der Waals surface area contributed by atoms with E-state index in [2.05, 4.69) is 10.6 Å². The summed E-state index contributed by atoms with van der Waals surface area (Å²) in [5.41, 5.74) is 0. The topological polar surface area (TPSA) is 41.1 Å². The molecule has 1 unspecified atom stereocenters. The van der Waals surface area contributed by atoms with Crippen LogP contribution in [0.15, 0.2) is 0 Å². The fraction of sp³-hybridized carbons (Fsp3) is 0.875. The number of carbonyl (C=O) groups is 1. The standard InChI is InChI=1S/C8H14F2N2O/c9-7(10)8(13)12-6-2-1-4-11-5-3-6/h6-7,11H,1-5H2,(H,12,13). The fourth-order valence-electron chi connectivity index (χ4n) is 1.43. The van der Waals surface area contributed by atoms with Crippen molar-refractivity contribution < 1.29 is 13.6 Å². The van der Waals surface area contributed by atoms with Crippen molar-refractivity contribution in [3.05, 3.63) is 0 Å². The Kier molecular flexibility index (Phi) is 4.08. The largest absolute Gasteiger partial charge is 0.348 e. The van der Waals surface area contributed by atoms with Gasteiger partial charge in [0.05, 0.1) is 0 Å². The van der Waals surface area contributed by atoms with E-state index in [-0.39, 0.29) is 6.04 Å². The molecule has 0 saturated carbocycles. The maximum atomic E-state index is 11.9. The van der Waals surface area contributed by atoms with Crippen LogP contribution in [0.4, 0.5) is 8.78 Å². The summed E-state index contributed by atoms with van der Waals surface area (Å²) in [7, 11) is 0. The molecular weight excluding hydrogens is 178 g/mol. The third kappa shape index (κ3) is 3.67. The van der Waals surface area contributed by atoms with E-state index in [0.29, 0.717) is 0 Å². The second kappa shape index (κ2) is 5.11. The smallest absolute Gasteiger partial charge is 0.315 e. The molecule has 0 radical (unpaired) electrons. The number of amides is 1. The number of hydrogen-bond acceptors (Lipinski definition) is 2. The Morgan fingerprint density at radius 2 is 2.15 bits per heavy atom. The monoisotopic (exact) mass is 192 g/mol. The summed E-state index contributed by atoms with van der Waals surface area (Å²) in [6.45, 7) is 1.69. The Morgan fingerprint density at radius 3 is 2.85 bits per heavy atom. The number of carbonyl (C=O) groups excluding carboxylic acids is 1. The first-order valence-electron chi connectivity index (χ1n) is 4.49. The molecule has 0 bridgehead atoms. The van der Waals surface area contributed by atoms with Crippen LogP contribution in [-0.4, -0.2) is 31.5 Å². The number of rotatable bonds is 2. The lowest BCUT2D eigenvalue weighted by Crippen LogP contribution is -2.38. The second-order valence-electron chi connectivity index (χ2n) is 3.19. The van der Waals surface area contributed by atoms with Gasteiger partial charge in [-0.1, -0.05) is 0 Å². The minimum absolute atomic E-state index is 0.0866. The van der Waals surface area contributed by atoms with Crippen molar-refractivity contribution in [2.75, 3.05) is 13.1 Å². The highest BCUT2D eigenvalue weighted by Gasteiger charge is 2.20. The van der Waals surface area contributed by atoms with E-state index in [1.807, 2.05) is 0 Å². The number of nitrogens with one attached hydrogen (secondary N) is 2. The molecular formula is C8H14F2N2O. The average molecular weight is 192 g/mol. The summed E-state index contributed by atoms with van der Waals surface area (Å²) in [5, 5.41) is 5.47. The molecule has 13 heavy (non-hydrogen) atoms. The van der Waals surface area contributed by atoms with Gasteiger partial charge in [0.1, 0.15) is 0 Å². The van der Waals surface area contributed by atoms with Crippen molar-refractivity contribution in [1.29, 1.82) is 0 Å². The zero-order valence-electron chi connectivity index (χ0n) is 7.35. The normalized spacial score (nSPS) is 24.1. The van der Waals surface area contributed by atoms with Crippen LogP contribution < -0.4 is 10.6 Å². The maximum Gasteiger partial charge on any atom is 0.315 e. The van der Waals surface area contributed by atoms with Crippen molar-refractivity contribution in [3.63, 3.8) is 0 Å². The van der Waals surface area contributed by atoms with Crippen molar-refractivity contribution in [3.8, 4) is 0 Å². The lowest BCUT2D eigenvalue weighted by molar-refractivity contribution is -0.132. The van der Waals surface area contributed by atoms with Gasteiger partial charge in [0.25, 0.3) is 5.91 Å². The molecule has 1 aliphatic rings. The summed E-state index contributed by atoms with van der Waals surface area (Å²) in [6, 6.07) is -0.0866. The average Bonchev–Trinajstić information content (AvgIpc) is 2.32. The molecule has 2 N–H and O–H groups in total. The van der Waals surface area contributed by atoms with Crippen molar-refractivity contribution in [2.24, 2.45) is 0 Å². The first kappa shape index (κ1) is 10.4. The number of halogens is 2. The van der Waals surface area contributed by atoms with Gasteiger partial charge in [-0.25, -0.2) is 0 Å². The van der Waals surface area contributed by atoms with Gasteiger partial charge in [-0.15, -0.1) is 0 Å².